The van der Waals surface area contributed by atoms with Crippen LogP contribution in [0.3, 0.4) is 0 Å². The Labute approximate surface area is 174 Å². The van der Waals surface area contributed by atoms with E-state index in [1.165, 1.54) is 11.3 Å². The second kappa shape index (κ2) is 9.52. The molecule has 0 saturated heterocycles. The van der Waals surface area contributed by atoms with Crippen molar-refractivity contribution >= 4 is 40.0 Å². The third-order valence-electron chi connectivity index (χ3n) is 5.61. The van der Waals surface area contributed by atoms with Crippen LogP contribution in [0.15, 0.2) is 6.07 Å². The summed E-state index contributed by atoms with van der Waals surface area (Å²) >= 11 is 1.30. The van der Waals surface area contributed by atoms with E-state index in [2.05, 4.69) is 5.32 Å². The van der Waals surface area contributed by atoms with Gasteiger partial charge in [0.15, 0.2) is 6.61 Å². The van der Waals surface area contributed by atoms with Crippen molar-refractivity contribution in [1.82, 2.24) is 0 Å². The number of hydrogen-bond acceptors (Lipinski definition) is 7. The quantitative estimate of drug-likeness (QED) is 0.678. The summed E-state index contributed by atoms with van der Waals surface area (Å²) in [7, 11) is 0. The fourth-order valence-electron chi connectivity index (χ4n) is 4.16. The van der Waals surface area contributed by atoms with E-state index in [1.54, 1.807) is 13.0 Å². The molecule has 2 fully saturated rings. The fourth-order valence-corrected chi connectivity index (χ4v) is 5.16. The average molecular weight is 422 g/mol. The van der Waals surface area contributed by atoms with Crippen LogP contribution in [0.5, 0.6) is 0 Å². The van der Waals surface area contributed by atoms with Crippen molar-refractivity contribution in [3.63, 3.8) is 0 Å². The Kier molecular flexibility index (Phi) is 7.05. The summed E-state index contributed by atoms with van der Waals surface area (Å²) in [4.78, 5) is 49.9. The van der Waals surface area contributed by atoms with Gasteiger partial charge in [0.25, 0.3) is 5.91 Å². The highest BCUT2D eigenvalue weighted by molar-refractivity contribution is 7.16. The zero-order valence-electron chi connectivity index (χ0n) is 16.8. The number of nitrogens with one attached hydrogen (secondary N) is 1. The molecule has 0 aromatic carbocycles. The molecule has 3 rings (SSSR count). The second-order valence-corrected chi connectivity index (χ2v) is 8.72. The van der Waals surface area contributed by atoms with Gasteiger partial charge in [-0.05, 0) is 45.1 Å². The molecule has 1 aromatic heterocycles. The standard InChI is InChI=1S/C21H27NO6S/c1-3-15-10-16(21(26)27-4-2)19(29-15)22-17(23)11-28-20(25)14-8-12-6-5-7-13(9-14)18(12)24/h10,12-14H,3-9,11H2,1-2H3,(H,22,23)/t12-,13+,14?. The molecule has 8 heteroatoms. The van der Waals surface area contributed by atoms with Crippen LogP contribution in [0.25, 0.3) is 0 Å². The molecule has 2 aliphatic rings. The van der Waals surface area contributed by atoms with Crippen LogP contribution in [0.2, 0.25) is 0 Å². The maximum atomic E-state index is 12.4. The Bertz CT molecular complexity index is 785. The summed E-state index contributed by atoms with van der Waals surface area (Å²) in [6.45, 7) is 3.50. The molecule has 1 heterocycles. The van der Waals surface area contributed by atoms with Crippen molar-refractivity contribution in [3.8, 4) is 0 Å². The summed E-state index contributed by atoms with van der Waals surface area (Å²) in [6.07, 6.45) is 4.49. The van der Waals surface area contributed by atoms with Crippen molar-refractivity contribution in [1.29, 1.82) is 0 Å². The number of Topliss-reactive ketones (excluding diaryl/α,β-unsaturated/α-hetero) is 1. The molecule has 29 heavy (non-hydrogen) atoms. The van der Waals surface area contributed by atoms with E-state index in [1.807, 2.05) is 6.92 Å². The minimum Gasteiger partial charge on any atom is -0.462 e. The van der Waals surface area contributed by atoms with Gasteiger partial charge in [-0.3, -0.25) is 14.4 Å². The van der Waals surface area contributed by atoms with Crippen LogP contribution < -0.4 is 5.32 Å². The summed E-state index contributed by atoms with van der Waals surface area (Å²) in [5.74, 6) is -1.53. The average Bonchev–Trinajstić information content (AvgIpc) is 3.09. The van der Waals surface area contributed by atoms with Crippen molar-refractivity contribution < 1.29 is 28.7 Å². The summed E-state index contributed by atoms with van der Waals surface area (Å²) in [5, 5.41) is 3.06. The number of esters is 2. The van der Waals surface area contributed by atoms with Crippen molar-refractivity contribution in [2.24, 2.45) is 17.8 Å². The maximum Gasteiger partial charge on any atom is 0.341 e. The lowest BCUT2D eigenvalue weighted by molar-refractivity contribution is -0.155. The Hall–Kier alpha value is -2.22. The molecule has 0 radical (unpaired) electrons. The van der Waals surface area contributed by atoms with Crippen LogP contribution in [-0.4, -0.2) is 36.8 Å². The van der Waals surface area contributed by atoms with E-state index in [9.17, 15) is 19.2 Å². The molecule has 7 nitrogen and oxygen atoms in total. The first-order valence-corrected chi connectivity index (χ1v) is 11.0. The molecule has 0 spiro atoms. The SMILES string of the molecule is CCOC(=O)c1cc(CC)sc1NC(=O)COC(=O)C1C[C@H]2CCC[C@@H](C1)C2=O. The Morgan fingerprint density at radius 1 is 1.14 bits per heavy atom. The summed E-state index contributed by atoms with van der Waals surface area (Å²) in [5.41, 5.74) is 0.312. The molecule has 2 bridgehead atoms. The molecular weight excluding hydrogens is 394 g/mol. The van der Waals surface area contributed by atoms with Gasteiger partial charge in [0.05, 0.1) is 18.1 Å². The van der Waals surface area contributed by atoms with Gasteiger partial charge in [0.2, 0.25) is 0 Å². The molecule has 3 atom stereocenters. The van der Waals surface area contributed by atoms with Gasteiger partial charge >= 0.3 is 11.9 Å². The van der Waals surface area contributed by atoms with Gasteiger partial charge in [-0.1, -0.05) is 13.3 Å². The zero-order chi connectivity index (χ0) is 21.0. The van der Waals surface area contributed by atoms with Crippen LogP contribution >= 0.6 is 11.3 Å². The lowest BCUT2D eigenvalue weighted by Gasteiger charge is -2.36. The minimum atomic E-state index is -0.500. The number of aryl methyl sites for hydroxylation is 1. The molecule has 158 valence electrons. The van der Waals surface area contributed by atoms with Crippen LogP contribution in [0, 0.1) is 17.8 Å². The molecule has 0 aliphatic heterocycles. The third kappa shape index (κ3) is 5.04. The maximum absolute atomic E-state index is 12.4. The van der Waals surface area contributed by atoms with Crippen LogP contribution in [-0.2, 0) is 30.3 Å². The third-order valence-corrected chi connectivity index (χ3v) is 6.80. The number of rotatable bonds is 7. The molecule has 1 aromatic rings. The smallest absolute Gasteiger partial charge is 0.341 e. The van der Waals surface area contributed by atoms with Crippen molar-refractivity contribution in [2.45, 2.75) is 52.4 Å². The van der Waals surface area contributed by atoms with E-state index in [-0.39, 0.29) is 30.1 Å². The number of anilines is 1. The van der Waals surface area contributed by atoms with E-state index >= 15 is 0 Å². The normalized spacial score (nSPS) is 23.4. The number of carbonyl (C=O) groups excluding carboxylic acids is 4. The van der Waals surface area contributed by atoms with Gasteiger partial charge < -0.3 is 14.8 Å². The lowest BCUT2D eigenvalue weighted by atomic mass is 9.67. The number of ether oxygens (including phenoxy) is 2. The summed E-state index contributed by atoms with van der Waals surface area (Å²) < 4.78 is 10.3. The number of carbonyl (C=O) groups is 4. The lowest BCUT2D eigenvalue weighted by Crippen LogP contribution is -2.40. The minimum absolute atomic E-state index is 0.0420. The zero-order valence-corrected chi connectivity index (χ0v) is 17.6. The van der Waals surface area contributed by atoms with E-state index in [0.717, 1.165) is 30.6 Å². The van der Waals surface area contributed by atoms with E-state index in [4.69, 9.17) is 9.47 Å². The van der Waals surface area contributed by atoms with Crippen LogP contribution in [0.1, 0.15) is 61.2 Å². The summed E-state index contributed by atoms with van der Waals surface area (Å²) in [6, 6.07) is 1.71. The highest BCUT2D eigenvalue weighted by atomic mass is 32.1. The van der Waals surface area contributed by atoms with E-state index in [0.29, 0.717) is 23.4 Å². The second-order valence-electron chi connectivity index (χ2n) is 7.58. The molecule has 2 saturated carbocycles. The Morgan fingerprint density at radius 3 is 2.45 bits per heavy atom. The highest BCUT2D eigenvalue weighted by Gasteiger charge is 2.41. The van der Waals surface area contributed by atoms with Gasteiger partial charge in [-0.25, -0.2) is 4.79 Å². The van der Waals surface area contributed by atoms with Gasteiger partial charge in [0, 0.05) is 16.7 Å². The Morgan fingerprint density at radius 2 is 1.83 bits per heavy atom. The number of thiophene rings is 1. The first-order chi connectivity index (χ1) is 13.9. The van der Waals surface area contributed by atoms with Crippen molar-refractivity contribution in [3.05, 3.63) is 16.5 Å². The molecule has 1 amide bonds. The highest BCUT2D eigenvalue weighted by Crippen LogP contribution is 2.40. The number of hydrogen-bond donors (Lipinski definition) is 1. The topological polar surface area (TPSA) is 98.8 Å². The largest absolute Gasteiger partial charge is 0.462 e. The first kappa shape index (κ1) is 21.5. The molecule has 1 unspecified atom stereocenters. The molecule has 1 N–H and O–H groups in total. The number of amides is 1. The van der Waals surface area contributed by atoms with Gasteiger partial charge in [-0.2, -0.15) is 0 Å². The molecular formula is C21H27NO6S. The predicted molar refractivity (Wildman–Crippen MR) is 108 cm³/mol. The van der Waals surface area contributed by atoms with Crippen molar-refractivity contribution in [2.75, 3.05) is 18.5 Å². The van der Waals surface area contributed by atoms with Crippen LogP contribution in [0.4, 0.5) is 5.00 Å². The Balaban J connectivity index is 1.55. The molecule has 2 aliphatic carbocycles. The number of ketones is 1. The number of fused-ring (bicyclic) bond motifs is 2. The fraction of sp³-hybridized carbons (Fsp3) is 0.619. The first-order valence-electron chi connectivity index (χ1n) is 10.2. The monoisotopic (exact) mass is 421 g/mol. The predicted octanol–water partition coefficient (Wildman–Crippen LogP) is 3.36. The van der Waals surface area contributed by atoms with Gasteiger partial charge in [-0.15, -0.1) is 11.3 Å². The van der Waals surface area contributed by atoms with Gasteiger partial charge in [0.1, 0.15) is 10.8 Å². The van der Waals surface area contributed by atoms with E-state index < -0.39 is 24.5 Å².